The quantitative estimate of drug-likeness (QED) is 0.279. The van der Waals surface area contributed by atoms with Crippen LogP contribution in [-0.4, -0.2) is 43.3 Å². The molecule has 0 heterocycles. The molecule has 0 bridgehead atoms. The van der Waals surface area contributed by atoms with Crippen LogP contribution < -0.4 is 0 Å². The van der Waals surface area contributed by atoms with Crippen molar-refractivity contribution in [3.05, 3.63) is 0 Å². The highest BCUT2D eigenvalue weighted by Gasteiger charge is 2.31. The highest BCUT2D eigenvalue weighted by Crippen LogP contribution is 2.14. The van der Waals surface area contributed by atoms with Crippen molar-refractivity contribution in [1.82, 2.24) is 4.90 Å². The lowest BCUT2D eigenvalue weighted by molar-refractivity contribution is -0.150. The number of rotatable bonds is 15. The summed E-state index contributed by atoms with van der Waals surface area (Å²) in [5, 5.41) is 0. The number of hydrogen-bond donors (Lipinski definition) is 0. The number of ether oxygens (including phenoxy) is 2. The van der Waals surface area contributed by atoms with Gasteiger partial charge >= 0.3 is 12.1 Å². The SMILES string of the molecule is CCCCCCCCCCOC(=O)C(C(C)C)N(C)C(=O)OCCCC. The Morgan fingerprint density at radius 2 is 1.27 bits per heavy atom. The van der Waals surface area contributed by atoms with Crippen molar-refractivity contribution in [1.29, 1.82) is 0 Å². The van der Waals surface area contributed by atoms with Crippen molar-refractivity contribution < 1.29 is 19.1 Å². The number of likely N-dealkylation sites (N-methyl/N-ethyl adjacent to an activating group) is 1. The molecule has 5 nitrogen and oxygen atoms in total. The predicted octanol–water partition coefficient (Wildman–Crippen LogP) is 5.56. The second kappa shape index (κ2) is 16.0. The molecule has 1 unspecified atom stereocenters. The third kappa shape index (κ3) is 11.4. The first kappa shape index (κ1) is 24.7. The van der Waals surface area contributed by atoms with E-state index in [1.807, 2.05) is 20.8 Å². The normalized spacial score (nSPS) is 12.1. The van der Waals surface area contributed by atoms with Gasteiger partial charge in [-0.05, 0) is 18.8 Å². The van der Waals surface area contributed by atoms with Gasteiger partial charge in [-0.1, -0.05) is 79.1 Å². The van der Waals surface area contributed by atoms with E-state index in [9.17, 15) is 9.59 Å². The summed E-state index contributed by atoms with van der Waals surface area (Å²) in [6.45, 7) is 8.90. The summed E-state index contributed by atoms with van der Waals surface area (Å²) in [5.74, 6) is -0.359. The zero-order chi connectivity index (χ0) is 19.8. The molecule has 1 amide bonds. The average molecular weight is 372 g/mol. The smallest absolute Gasteiger partial charge is 0.410 e. The number of hydrogen-bond acceptors (Lipinski definition) is 4. The molecule has 0 radical (unpaired) electrons. The summed E-state index contributed by atoms with van der Waals surface area (Å²) < 4.78 is 10.6. The van der Waals surface area contributed by atoms with E-state index in [4.69, 9.17) is 9.47 Å². The van der Waals surface area contributed by atoms with Crippen molar-refractivity contribution >= 4 is 12.1 Å². The summed E-state index contributed by atoms with van der Waals surface area (Å²) in [5.41, 5.74) is 0. The molecule has 0 saturated heterocycles. The second-order valence-electron chi connectivity index (χ2n) is 7.41. The molecule has 0 spiro atoms. The average Bonchev–Trinajstić information content (AvgIpc) is 2.60. The number of nitrogens with zero attached hydrogens (tertiary/aromatic N) is 1. The molecule has 26 heavy (non-hydrogen) atoms. The molecule has 0 aromatic heterocycles. The minimum Gasteiger partial charge on any atom is -0.464 e. The van der Waals surface area contributed by atoms with Gasteiger partial charge in [0.15, 0.2) is 0 Å². The van der Waals surface area contributed by atoms with Gasteiger partial charge in [0.1, 0.15) is 6.04 Å². The third-order valence-electron chi connectivity index (χ3n) is 4.54. The van der Waals surface area contributed by atoms with Crippen LogP contribution in [0.5, 0.6) is 0 Å². The first-order chi connectivity index (χ1) is 12.5. The number of carbonyl (C=O) groups is 2. The minimum absolute atomic E-state index is 0.0233. The number of unbranched alkanes of at least 4 members (excludes halogenated alkanes) is 8. The zero-order valence-electron chi connectivity index (χ0n) is 17.7. The highest BCUT2D eigenvalue weighted by atomic mass is 16.6. The zero-order valence-corrected chi connectivity index (χ0v) is 17.7. The summed E-state index contributed by atoms with van der Waals surface area (Å²) in [4.78, 5) is 25.9. The first-order valence-corrected chi connectivity index (χ1v) is 10.5. The fourth-order valence-corrected chi connectivity index (χ4v) is 2.89. The first-order valence-electron chi connectivity index (χ1n) is 10.5. The van der Waals surface area contributed by atoms with Gasteiger partial charge < -0.3 is 9.47 Å². The van der Waals surface area contributed by atoms with Crippen LogP contribution in [0.25, 0.3) is 0 Å². The van der Waals surface area contributed by atoms with Crippen LogP contribution in [0, 0.1) is 5.92 Å². The Labute approximate surface area is 160 Å². The van der Waals surface area contributed by atoms with Gasteiger partial charge in [0.05, 0.1) is 13.2 Å². The molecule has 1 atom stereocenters. The van der Waals surface area contributed by atoms with Crippen LogP contribution in [0.4, 0.5) is 4.79 Å². The molecule has 0 N–H and O–H groups in total. The van der Waals surface area contributed by atoms with Crippen LogP contribution in [-0.2, 0) is 14.3 Å². The van der Waals surface area contributed by atoms with E-state index in [1.165, 1.54) is 43.4 Å². The van der Waals surface area contributed by atoms with Gasteiger partial charge in [0, 0.05) is 7.05 Å². The van der Waals surface area contributed by atoms with Gasteiger partial charge in [0.2, 0.25) is 0 Å². The Balaban J connectivity index is 4.09. The number of amides is 1. The molecule has 0 aromatic carbocycles. The maximum absolute atomic E-state index is 12.4. The fraction of sp³-hybridized carbons (Fsp3) is 0.905. The molecule has 0 saturated carbocycles. The largest absolute Gasteiger partial charge is 0.464 e. The topological polar surface area (TPSA) is 55.8 Å². The van der Waals surface area contributed by atoms with Gasteiger partial charge in [0.25, 0.3) is 0 Å². The van der Waals surface area contributed by atoms with Gasteiger partial charge in [-0.25, -0.2) is 9.59 Å². The van der Waals surface area contributed by atoms with Crippen LogP contribution in [0.15, 0.2) is 0 Å². The van der Waals surface area contributed by atoms with E-state index >= 15 is 0 Å². The van der Waals surface area contributed by atoms with E-state index in [1.54, 1.807) is 7.05 Å². The third-order valence-corrected chi connectivity index (χ3v) is 4.54. The maximum Gasteiger partial charge on any atom is 0.410 e. The van der Waals surface area contributed by atoms with E-state index in [0.717, 1.165) is 25.7 Å². The second-order valence-corrected chi connectivity index (χ2v) is 7.41. The Morgan fingerprint density at radius 3 is 1.81 bits per heavy atom. The van der Waals surface area contributed by atoms with E-state index in [2.05, 4.69) is 6.92 Å². The summed E-state index contributed by atoms with van der Waals surface area (Å²) in [6.07, 6.45) is 11.0. The van der Waals surface area contributed by atoms with Gasteiger partial charge in [-0.3, -0.25) is 4.90 Å². The molecule has 0 fully saturated rings. The maximum atomic E-state index is 12.4. The predicted molar refractivity (Wildman–Crippen MR) is 106 cm³/mol. The van der Waals surface area contributed by atoms with E-state index in [0.29, 0.717) is 13.2 Å². The Hall–Kier alpha value is -1.26. The van der Waals surface area contributed by atoms with Gasteiger partial charge in [-0.2, -0.15) is 0 Å². The van der Waals surface area contributed by atoms with Crippen molar-refractivity contribution in [2.75, 3.05) is 20.3 Å². The fourth-order valence-electron chi connectivity index (χ4n) is 2.89. The number of esters is 1. The number of carbonyl (C=O) groups excluding carboxylic acids is 2. The molecule has 0 rings (SSSR count). The lowest BCUT2D eigenvalue weighted by Crippen LogP contribution is -2.46. The van der Waals surface area contributed by atoms with E-state index in [-0.39, 0.29) is 11.9 Å². The van der Waals surface area contributed by atoms with Crippen molar-refractivity contribution in [3.8, 4) is 0 Å². The van der Waals surface area contributed by atoms with Crippen molar-refractivity contribution in [2.45, 2.75) is 97.9 Å². The molecule has 0 aliphatic heterocycles. The molecular formula is C21H41NO4. The Kier molecular flexibility index (Phi) is 15.2. The molecular weight excluding hydrogens is 330 g/mol. The van der Waals surface area contributed by atoms with Crippen molar-refractivity contribution in [2.24, 2.45) is 5.92 Å². The molecule has 5 heteroatoms. The van der Waals surface area contributed by atoms with Crippen LogP contribution in [0.3, 0.4) is 0 Å². The molecule has 0 aliphatic carbocycles. The molecule has 0 aromatic rings. The summed E-state index contributed by atoms with van der Waals surface area (Å²) in [6, 6.07) is -0.599. The Morgan fingerprint density at radius 1 is 0.769 bits per heavy atom. The van der Waals surface area contributed by atoms with Crippen LogP contribution >= 0.6 is 0 Å². The molecule has 154 valence electrons. The van der Waals surface area contributed by atoms with Crippen molar-refractivity contribution in [3.63, 3.8) is 0 Å². The summed E-state index contributed by atoms with van der Waals surface area (Å²) >= 11 is 0. The van der Waals surface area contributed by atoms with Crippen LogP contribution in [0.1, 0.15) is 91.9 Å². The Bertz CT molecular complexity index is 371. The van der Waals surface area contributed by atoms with Gasteiger partial charge in [-0.15, -0.1) is 0 Å². The molecule has 0 aliphatic rings. The standard InChI is InChI=1S/C21H41NO4/c1-6-8-10-11-12-13-14-15-17-25-20(23)19(18(3)4)22(5)21(24)26-16-9-7-2/h18-19H,6-17H2,1-5H3. The lowest BCUT2D eigenvalue weighted by Gasteiger charge is -2.28. The lowest BCUT2D eigenvalue weighted by atomic mass is 10.0. The van der Waals surface area contributed by atoms with E-state index < -0.39 is 12.1 Å². The monoisotopic (exact) mass is 371 g/mol. The summed E-state index contributed by atoms with van der Waals surface area (Å²) in [7, 11) is 1.61. The van der Waals surface area contributed by atoms with Crippen LogP contribution in [0.2, 0.25) is 0 Å². The minimum atomic E-state index is -0.599. The highest BCUT2D eigenvalue weighted by molar-refractivity contribution is 5.81.